The number of esters is 1. The summed E-state index contributed by atoms with van der Waals surface area (Å²) in [7, 11) is -2.18. The molecule has 0 unspecified atom stereocenters. The molecule has 1 aromatic carbocycles. The highest BCUT2D eigenvalue weighted by atomic mass is 32.2. The molecule has 3 N–H and O–H groups in total. The molecule has 0 bridgehead atoms. The van der Waals surface area contributed by atoms with E-state index in [0.29, 0.717) is 24.5 Å². The lowest BCUT2D eigenvalue weighted by Crippen LogP contribution is -2.51. The Morgan fingerprint density at radius 2 is 1.87 bits per heavy atom. The van der Waals surface area contributed by atoms with Crippen molar-refractivity contribution in [1.29, 1.82) is 0 Å². The highest BCUT2D eigenvalue weighted by Gasteiger charge is 2.39. The zero-order valence-corrected chi connectivity index (χ0v) is 19.2. The zero-order chi connectivity index (χ0) is 23.1. The van der Waals surface area contributed by atoms with Crippen LogP contribution >= 0.6 is 0 Å². The Morgan fingerprint density at radius 3 is 2.33 bits per heavy atom. The molecule has 0 aliphatic heterocycles. The lowest BCUT2D eigenvalue weighted by atomic mass is 10.0. The Labute approximate surface area is 178 Å². The second-order valence-electron chi connectivity index (χ2n) is 7.56. The SMILES string of the molecule is CCOc1cc([C@@](N)(CS(C)(=O)=O)OC(=O)[C@H](CC(C)C)NC(C)=O)ccc1OC. The molecule has 0 aliphatic carbocycles. The molecule has 10 heteroatoms. The summed E-state index contributed by atoms with van der Waals surface area (Å²) < 4.78 is 40.4. The molecule has 0 saturated heterocycles. The minimum absolute atomic E-state index is 0.0713. The largest absolute Gasteiger partial charge is 0.493 e. The summed E-state index contributed by atoms with van der Waals surface area (Å²) in [5, 5.41) is 2.53. The first-order valence-corrected chi connectivity index (χ1v) is 11.6. The predicted molar refractivity (Wildman–Crippen MR) is 113 cm³/mol. The van der Waals surface area contributed by atoms with E-state index in [1.54, 1.807) is 13.0 Å². The fraction of sp³-hybridized carbons (Fsp3) is 0.600. The maximum atomic E-state index is 12.9. The van der Waals surface area contributed by atoms with Crippen molar-refractivity contribution in [2.75, 3.05) is 25.7 Å². The van der Waals surface area contributed by atoms with Gasteiger partial charge in [0.25, 0.3) is 0 Å². The molecule has 0 saturated carbocycles. The highest BCUT2D eigenvalue weighted by molar-refractivity contribution is 7.90. The minimum Gasteiger partial charge on any atom is -0.493 e. The van der Waals surface area contributed by atoms with E-state index in [9.17, 15) is 18.0 Å². The number of sulfone groups is 1. The predicted octanol–water partition coefficient (Wildman–Crippen LogP) is 1.34. The van der Waals surface area contributed by atoms with Gasteiger partial charge in [0.15, 0.2) is 21.3 Å². The van der Waals surface area contributed by atoms with Gasteiger partial charge in [0, 0.05) is 18.7 Å². The number of hydrogen-bond acceptors (Lipinski definition) is 8. The summed E-state index contributed by atoms with van der Waals surface area (Å²) in [6, 6.07) is 3.58. The van der Waals surface area contributed by atoms with Crippen LogP contribution in [0, 0.1) is 5.92 Å². The van der Waals surface area contributed by atoms with E-state index in [0.717, 1.165) is 6.26 Å². The Hall–Kier alpha value is -2.33. The summed E-state index contributed by atoms with van der Waals surface area (Å²) in [5.74, 6) is -1.06. The third-order valence-corrected chi connectivity index (χ3v) is 5.03. The maximum Gasteiger partial charge on any atom is 0.330 e. The average molecular weight is 445 g/mol. The van der Waals surface area contributed by atoms with E-state index in [1.165, 1.54) is 26.2 Å². The van der Waals surface area contributed by atoms with Gasteiger partial charge >= 0.3 is 5.97 Å². The summed E-state index contributed by atoms with van der Waals surface area (Å²) in [4.78, 5) is 24.4. The number of amides is 1. The van der Waals surface area contributed by atoms with E-state index in [2.05, 4.69) is 5.32 Å². The van der Waals surface area contributed by atoms with Crippen molar-refractivity contribution < 1.29 is 32.2 Å². The number of nitrogens with one attached hydrogen (secondary N) is 1. The van der Waals surface area contributed by atoms with Crippen molar-refractivity contribution in [2.45, 2.75) is 45.9 Å². The van der Waals surface area contributed by atoms with Crippen molar-refractivity contribution >= 4 is 21.7 Å². The van der Waals surface area contributed by atoms with Crippen molar-refractivity contribution in [1.82, 2.24) is 5.32 Å². The van der Waals surface area contributed by atoms with Crippen LogP contribution in [0.25, 0.3) is 0 Å². The van der Waals surface area contributed by atoms with E-state index < -0.39 is 39.2 Å². The van der Waals surface area contributed by atoms with E-state index in [1.807, 2.05) is 13.8 Å². The first-order valence-electron chi connectivity index (χ1n) is 9.59. The van der Waals surface area contributed by atoms with E-state index in [4.69, 9.17) is 19.9 Å². The molecule has 1 rings (SSSR count). The van der Waals surface area contributed by atoms with Gasteiger partial charge in [-0.25, -0.2) is 13.2 Å². The van der Waals surface area contributed by atoms with Crippen LogP contribution in [-0.2, 0) is 29.9 Å². The number of nitrogens with two attached hydrogens (primary N) is 1. The molecule has 0 aliphatic rings. The van der Waals surface area contributed by atoms with Gasteiger partial charge in [-0.2, -0.15) is 0 Å². The molecule has 0 heterocycles. The number of carbonyl (C=O) groups is 2. The second kappa shape index (κ2) is 10.6. The first-order chi connectivity index (χ1) is 13.8. The standard InChI is InChI=1S/C20H32N2O7S/c1-7-28-18-11-15(8-9-17(18)27-5)20(21,12-30(6,25)26)29-19(24)16(10-13(2)3)22-14(4)23/h8-9,11,13,16H,7,10,12,21H2,1-6H3,(H,22,23)/t16-,20+/m0/s1. The van der Waals surface area contributed by atoms with Crippen molar-refractivity contribution in [3.05, 3.63) is 23.8 Å². The number of hydrogen-bond donors (Lipinski definition) is 2. The molecule has 1 aromatic rings. The van der Waals surface area contributed by atoms with E-state index >= 15 is 0 Å². The second-order valence-corrected chi connectivity index (χ2v) is 9.70. The van der Waals surface area contributed by atoms with Crippen LogP contribution in [-0.4, -0.2) is 52.1 Å². The van der Waals surface area contributed by atoms with Gasteiger partial charge < -0.3 is 19.5 Å². The van der Waals surface area contributed by atoms with Crippen LogP contribution in [0.1, 0.15) is 39.7 Å². The highest BCUT2D eigenvalue weighted by Crippen LogP contribution is 2.33. The summed E-state index contributed by atoms with van der Waals surface area (Å²) >= 11 is 0. The Bertz CT molecular complexity index is 855. The molecule has 2 atom stereocenters. The van der Waals surface area contributed by atoms with E-state index in [-0.39, 0.29) is 11.5 Å². The zero-order valence-electron chi connectivity index (χ0n) is 18.4. The molecule has 0 radical (unpaired) electrons. The van der Waals surface area contributed by atoms with Gasteiger partial charge in [0.2, 0.25) is 11.6 Å². The van der Waals surface area contributed by atoms with Crippen molar-refractivity contribution in [2.24, 2.45) is 11.7 Å². The third-order valence-electron chi connectivity index (χ3n) is 4.08. The molecule has 0 fully saturated rings. The minimum atomic E-state index is -3.65. The van der Waals surface area contributed by atoms with Crippen LogP contribution in [0.2, 0.25) is 0 Å². The molecule has 0 aromatic heterocycles. The summed E-state index contributed by atoms with van der Waals surface area (Å²) in [6.07, 6.45) is 1.30. The molecular formula is C20H32N2O7S. The molecule has 170 valence electrons. The molecule has 1 amide bonds. The Kier molecular flexibility index (Phi) is 9.10. The van der Waals surface area contributed by atoms with Crippen LogP contribution in [0.5, 0.6) is 11.5 Å². The molecule has 30 heavy (non-hydrogen) atoms. The Balaban J connectivity index is 3.39. The normalized spacial score (nSPS) is 14.5. The van der Waals surface area contributed by atoms with Crippen LogP contribution in [0.4, 0.5) is 0 Å². The first kappa shape index (κ1) is 25.7. The molecular weight excluding hydrogens is 412 g/mol. The quantitative estimate of drug-likeness (QED) is 0.386. The Morgan fingerprint density at radius 1 is 1.23 bits per heavy atom. The summed E-state index contributed by atoms with van der Waals surface area (Å²) in [5.41, 5.74) is 4.56. The number of benzene rings is 1. The number of ether oxygens (including phenoxy) is 3. The van der Waals surface area contributed by atoms with Gasteiger partial charge in [-0.15, -0.1) is 0 Å². The topological polar surface area (TPSA) is 134 Å². The lowest BCUT2D eigenvalue weighted by Gasteiger charge is -2.31. The summed E-state index contributed by atoms with van der Waals surface area (Å²) in [6.45, 7) is 7.16. The van der Waals surface area contributed by atoms with Crippen LogP contribution in [0.3, 0.4) is 0 Å². The monoisotopic (exact) mass is 444 g/mol. The van der Waals surface area contributed by atoms with Gasteiger partial charge in [-0.1, -0.05) is 13.8 Å². The number of carbonyl (C=O) groups excluding carboxylic acids is 2. The smallest absolute Gasteiger partial charge is 0.330 e. The number of methoxy groups -OCH3 is 1. The van der Waals surface area contributed by atoms with Crippen molar-refractivity contribution in [3.8, 4) is 11.5 Å². The maximum absolute atomic E-state index is 12.9. The van der Waals surface area contributed by atoms with Crippen LogP contribution < -0.4 is 20.5 Å². The van der Waals surface area contributed by atoms with Crippen LogP contribution in [0.15, 0.2) is 18.2 Å². The average Bonchev–Trinajstić information content (AvgIpc) is 2.58. The lowest BCUT2D eigenvalue weighted by molar-refractivity contribution is -0.162. The molecule has 9 nitrogen and oxygen atoms in total. The van der Waals surface area contributed by atoms with Crippen molar-refractivity contribution in [3.63, 3.8) is 0 Å². The fourth-order valence-electron chi connectivity index (χ4n) is 2.95. The van der Waals surface area contributed by atoms with Gasteiger partial charge in [0.05, 0.1) is 13.7 Å². The molecule has 0 spiro atoms. The van der Waals surface area contributed by atoms with Gasteiger partial charge in [-0.05, 0) is 37.5 Å². The number of rotatable bonds is 11. The third kappa shape index (κ3) is 7.83. The van der Waals surface area contributed by atoms with Gasteiger partial charge in [-0.3, -0.25) is 10.5 Å². The van der Waals surface area contributed by atoms with Gasteiger partial charge in [0.1, 0.15) is 11.8 Å². The fourth-order valence-corrected chi connectivity index (χ4v) is 3.96.